The summed E-state index contributed by atoms with van der Waals surface area (Å²) in [6, 6.07) is 0. The van der Waals surface area contributed by atoms with E-state index in [0.29, 0.717) is 18.8 Å². The van der Waals surface area contributed by atoms with Crippen LogP contribution in [0, 0.1) is 5.92 Å². The second kappa shape index (κ2) is 6.67. The molecule has 0 aromatic rings. The average molecular weight is 293 g/mol. The van der Waals surface area contributed by atoms with Gasteiger partial charge in [-0.25, -0.2) is 8.42 Å². The summed E-state index contributed by atoms with van der Waals surface area (Å²) >= 11 is 0. The highest BCUT2D eigenvalue weighted by atomic mass is 32.2. The van der Waals surface area contributed by atoms with Crippen molar-refractivity contribution in [2.24, 2.45) is 5.92 Å². The van der Waals surface area contributed by atoms with E-state index in [0.717, 1.165) is 19.3 Å². The van der Waals surface area contributed by atoms with Crippen molar-refractivity contribution in [3.63, 3.8) is 0 Å². The summed E-state index contributed by atoms with van der Waals surface area (Å²) in [5.41, 5.74) is -1.34. The summed E-state index contributed by atoms with van der Waals surface area (Å²) in [7, 11) is -2.22. The second-order valence-electron chi connectivity index (χ2n) is 5.15. The molecule has 0 amide bonds. The monoisotopic (exact) mass is 293 g/mol. The van der Waals surface area contributed by atoms with Crippen molar-refractivity contribution in [3.05, 3.63) is 0 Å². The lowest BCUT2D eigenvalue weighted by atomic mass is 9.76. The first-order chi connectivity index (χ1) is 8.85. The zero-order valence-electron chi connectivity index (χ0n) is 11.5. The van der Waals surface area contributed by atoms with Crippen molar-refractivity contribution < 1.29 is 23.1 Å². The predicted octanol–water partition coefficient (Wildman–Crippen LogP) is 0.976. The minimum atomic E-state index is -3.63. The van der Waals surface area contributed by atoms with Gasteiger partial charge in [-0.2, -0.15) is 4.72 Å². The van der Waals surface area contributed by atoms with Crippen molar-refractivity contribution in [1.82, 2.24) is 4.72 Å². The SMILES string of the molecule is CCC1CCC(NS(=O)(=O)CCOC)(C(=O)O)CC1. The number of sulfonamides is 1. The standard InChI is InChI=1S/C12H23NO5S/c1-3-10-4-6-12(7-5-10,11(14)15)13-19(16,17)9-8-18-2/h10,13H,3-9H2,1-2H3,(H,14,15). The van der Waals surface area contributed by atoms with Crippen molar-refractivity contribution in [2.45, 2.75) is 44.6 Å². The van der Waals surface area contributed by atoms with Gasteiger partial charge in [0, 0.05) is 7.11 Å². The third-order valence-corrected chi connectivity index (χ3v) is 5.26. The van der Waals surface area contributed by atoms with E-state index in [-0.39, 0.29) is 12.4 Å². The first-order valence-electron chi connectivity index (χ1n) is 6.59. The Morgan fingerprint density at radius 2 is 2.00 bits per heavy atom. The number of methoxy groups -OCH3 is 1. The van der Waals surface area contributed by atoms with Crippen LogP contribution in [-0.2, 0) is 19.6 Å². The van der Waals surface area contributed by atoms with Crippen LogP contribution >= 0.6 is 0 Å². The van der Waals surface area contributed by atoms with E-state index < -0.39 is 21.5 Å². The molecule has 0 bridgehead atoms. The maximum atomic E-state index is 11.9. The van der Waals surface area contributed by atoms with Gasteiger partial charge >= 0.3 is 5.97 Å². The number of hydrogen-bond donors (Lipinski definition) is 2. The second-order valence-corrected chi connectivity index (χ2v) is 6.99. The Balaban J connectivity index is 2.76. The number of aliphatic carboxylic acids is 1. The Labute approximate surface area is 114 Å². The quantitative estimate of drug-likeness (QED) is 0.730. The van der Waals surface area contributed by atoms with Crippen LogP contribution in [-0.4, -0.2) is 44.5 Å². The van der Waals surface area contributed by atoms with E-state index in [4.69, 9.17) is 4.74 Å². The normalized spacial score (nSPS) is 28.2. The molecule has 1 rings (SSSR count). The molecular formula is C12H23NO5S. The van der Waals surface area contributed by atoms with Gasteiger partial charge in [0.2, 0.25) is 10.0 Å². The molecule has 6 nitrogen and oxygen atoms in total. The van der Waals surface area contributed by atoms with Gasteiger partial charge < -0.3 is 9.84 Å². The molecule has 19 heavy (non-hydrogen) atoms. The van der Waals surface area contributed by atoms with Crippen molar-refractivity contribution in [2.75, 3.05) is 19.5 Å². The number of nitrogens with one attached hydrogen (secondary N) is 1. The molecule has 1 saturated carbocycles. The molecule has 112 valence electrons. The maximum Gasteiger partial charge on any atom is 0.324 e. The third-order valence-electron chi connectivity index (χ3n) is 3.85. The third kappa shape index (κ3) is 4.43. The molecule has 7 heteroatoms. The van der Waals surface area contributed by atoms with Gasteiger partial charge in [-0.1, -0.05) is 13.3 Å². The number of carboxylic acid groups (broad SMARTS) is 1. The lowest BCUT2D eigenvalue weighted by Gasteiger charge is -2.36. The van der Waals surface area contributed by atoms with Gasteiger partial charge in [-0.05, 0) is 31.6 Å². The molecule has 0 aromatic heterocycles. The van der Waals surface area contributed by atoms with Crippen molar-refractivity contribution in [3.8, 4) is 0 Å². The van der Waals surface area contributed by atoms with Gasteiger partial charge in [0.05, 0.1) is 12.4 Å². The Kier molecular flexibility index (Phi) is 5.76. The van der Waals surface area contributed by atoms with Crippen LogP contribution in [0.25, 0.3) is 0 Å². The molecule has 0 radical (unpaired) electrons. The smallest absolute Gasteiger partial charge is 0.324 e. The highest BCUT2D eigenvalue weighted by Crippen LogP contribution is 2.34. The molecular weight excluding hydrogens is 270 g/mol. The van der Waals surface area contributed by atoms with Crippen LogP contribution in [0.3, 0.4) is 0 Å². The van der Waals surface area contributed by atoms with Crippen LogP contribution in [0.1, 0.15) is 39.0 Å². The maximum absolute atomic E-state index is 11.9. The van der Waals surface area contributed by atoms with Gasteiger partial charge in [0.1, 0.15) is 5.54 Å². The van der Waals surface area contributed by atoms with Crippen molar-refractivity contribution >= 4 is 16.0 Å². The summed E-state index contributed by atoms with van der Waals surface area (Å²) in [5, 5.41) is 9.38. The van der Waals surface area contributed by atoms with E-state index in [1.165, 1.54) is 7.11 Å². The van der Waals surface area contributed by atoms with Crippen LogP contribution in [0.4, 0.5) is 0 Å². The molecule has 0 unspecified atom stereocenters. The fourth-order valence-corrected chi connectivity index (χ4v) is 3.85. The van der Waals surface area contributed by atoms with Crippen molar-refractivity contribution in [1.29, 1.82) is 0 Å². The Morgan fingerprint density at radius 3 is 2.42 bits per heavy atom. The highest BCUT2D eigenvalue weighted by molar-refractivity contribution is 7.89. The van der Waals surface area contributed by atoms with E-state index in [1.54, 1.807) is 0 Å². The summed E-state index contributed by atoms with van der Waals surface area (Å²) in [6.07, 6.45) is 3.21. The Bertz CT molecular complexity index is 398. The van der Waals surface area contributed by atoms with Crippen LogP contribution < -0.4 is 4.72 Å². The minimum absolute atomic E-state index is 0.0582. The molecule has 1 aliphatic carbocycles. The summed E-state index contributed by atoms with van der Waals surface area (Å²) in [6.45, 7) is 2.13. The Morgan fingerprint density at radius 1 is 1.42 bits per heavy atom. The summed E-state index contributed by atoms with van der Waals surface area (Å²) in [4.78, 5) is 11.5. The van der Waals surface area contributed by atoms with E-state index in [1.807, 2.05) is 0 Å². The highest BCUT2D eigenvalue weighted by Gasteiger charge is 2.44. The fraction of sp³-hybridized carbons (Fsp3) is 0.917. The molecule has 0 aromatic carbocycles. The first kappa shape index (κ1) is 16.4. The molecule has 0 spiro atoms. The van der Waals surface area contributed by atoms with Crippen LogP contribution in [0.2, 0.25) is 0 Å². The minimum Gasteiger partial charge on any atom is -0.480 e. The van der Waals surface area contributed by atoms with Gasteiger partial charge in [-0.3, -0.25) is 4.79 Å². The zero-order valence-corrected chi connectivity index (χ0v) is 12.3. The molecule has 1 aliphatic rings. The van der Waals surface area contributed by atoms with E-state index in [2.05, 4.69) is 11.6 Å². The lowest BCUT2D eigenvalue weighted by Crippen LogP contribution is -2.56. The molecule has 0 atom stereocenters. The Hall–Kier alpha value is -0.660. The van der Waals surface area contributed by atoms with Gasteiger partial charge in [0.25, 0.3) is 0 Å². The van der Waals surface area contributed by atoms with E-state index >= 15 is 0 Å². The molecule has 1 fully saturated rings. The number of hydrogen-bond acceptors (Lipinski definition) is 4. The molecule has 0 heterocycles. The molecule has 0 aliphatic heterocycles. The van der Waals surface area contributed by atoms with Gasteiger partial charge in [-0.15, -0.1) is 0 Å². The zero-order chi connectivity index (χ0) is 14.5. The fourth-order valence-electron chi connectivity index (χ4n) is 2.48. The molecule has 2 N–H and O–H groups in total. The van der Waals surface area contributed by atoms with E-state index in [9.17, 15) is 18.3 Å². The lowest BCUT2D eigenvalue weighted by molar-refractivity contribution is -0.145. The first-order valence-corrected chi connectivity index (χ1v) is 8.24. The molecule has 0 saturated heterocycles. The van der Waals surface area contributed by atoms with Crippen LogP contribution in [0.5, 0.6) is 0 Å². The predicted molar refractivity (Wildman–Crippen MR) is 71.4 cm³/mol. The topological polar surface area (TPSA) is 92.7 Å². The number of carbonyl (C=O) groups is 1. The van der Waals surface area contributed by atoms with Crippen LogP contribution in [0.15, 0.2) is 0 Å². The van der Waals surface area contributed by atoms with Gasteiger partial charge in [0.15, 0.2) is 0 Å². The summed E-state index contributed by atoms with van der Waals surface area (Å²) < 4.78 is 30.8. The number of ether oxygens (including phenoxy) is 1. The average Bonchev–Trinajstić information content (AvgIpc) is 2.36. The number of rotatable bonds is 7. The number of carboxylic acids is 1. The summed E-state index contributed by atoms with van der Waals surface area (Å²) in [5.74, 6) is -0.797. The largest absolute Gasteiger partial charge is 0.480 e.